The number of likely N-dealkylation sites (tertiary alicyclic amines) is 1. The van der Waals surface area contributed by atoms with Gasteiger partial charge in [0.25, 0.3) is 0 Å². The molecule has 1 aliphatic rings. The van der Waals surface area contributed by atoms with Crippen LogP contribution in [0.1, 0.15) is 40.9 Å². The third kappa shape index (κ3) is 5.24. The number of aryl methyl sites for hydroxylation is 5. The molecular formula is C26H32N4O2S. The van der Waals surface area contributed by atoms with Crippen LogP contribution in [-0.4, -0.2) is 50.5 Å². The van der Waals surface area contributed by atoms with Gasteiger partial charge in [-0.15, -0.1) is 10.2 Å². The fraction of sp³-hybridized carbons (Fsp3) is 0.423. The largest absolute Gasteiger partial charge is 0.490 e. The molecule has 2 heterocycles. The number of rotatable bonds is 6. The third-order valence-corrected chi connectivity index (χ3v) is 7.13. The van der Waals surface area contributed by atoms with Gasteiger partial charge in [-0.25, -0.2) is 0 Å². The van der Waals surface area contributed by atoms with Gasteiger partial charge in [-0.3, -0.25) is 9.36 Å². The van der Waals surface area contributed by atoms with E-state index in [1.807, 2.05) is 16.4 Å². The molecule has 33 heavy (non-hydrogen) atoms. The van der Waals surface area contributed by atoms with Gasteiger partial charge in [-0.2, -0.15) is 0 Å². The standard InChI is InChI=1S/C26H32N4O2S/c1-17-9-10-18(2)23(15-17)30-21(5)27-28-26(30)33-16-24(31)29-13-11-22(12-14-29)32-25-19(3)7-6-8-20(25)4/h6-10,15,22H,11-14,16H2,1-5H3. The second-order valence-electron chi connectivity index (χ2n) is 8.86. The Bertz CT molecular complexity index is 1130. The summed E-state index contributed by atoms with van der Waals surface area (Å²) >= 11 is 1.45. The number of piperidine rings is 1. The quantitative estimate of drug-likeness (QED) is 0.482. The predicted molar refractivity (Wildman–Crippen MR) is 132 cm³/mol. The molecule has 174 valence electrons. The number of benzene rings is 2. The molecule has 3 aromatic rings. The van der Waals surface area contributed by atoms with E-state index in [9.17, 15) is 4.79 Å². The number of aromatic nitrogens is 3. The van der Waals surface area contributed by atoms with Gasteiger partial charge >= 0.3 is 0 Å². The first-order valence-corrected chi connectivity index (χ1v) is 12.4. The molecule has 0 radical (unpaired) electrons. The van der Waals surface area contributed by atoms with E-state index in [4.69, 9.17) is 4.74 Å². The zero-order valence-corrected chi connectivity index (χ0v) is 20.9. The molecule has 7 heteroatoms. The minimum Gasteiger partial charge on any atom is -0.490 e. The first-order chi connectivity index (χ1) is 15.8. The Morgan fingerprint density at radius 3 is 2.39 bits per heavy atom. The summed E-state index contributed by atoms with van der Waals surface area (Å²) in [6.07, 6.45) is 1.85. The van der Waals surface area contributed by atoms with Crippen LogP contribution in [0.25, 0.3) is 5.69 Å². The highest BCUT2D eigenvalue weighted by Gasteiger charge is 2.25. The lowest BCUT2D eigenvalue weighted by Crippen LogP contribution is -2.42. The van der Waals surface area contributed by atoms with Crippen LogP contribution in [0.3, 0.4) is 0 Å². The Labute approximate surface area is 200 Å². The Hall–Kier alpha value is -2.80. The van der Waals surface area contributed by atoms with Gasteiger partial charge in [0.05, 0.1) is 11.4 Å². The maximum Gasteiger partial charge on any atom is 0.233 e. The second-order valence-corrected chi connectivity index (χ2v) is 9.81. The maximum absolute atomic E-state index is 12.9. The number of hydrogen-bond donors (Lipinski definition) is 0. The predicted octanol–water partition coefficient (Wildman–Crippen LogP) is 4.97. The highest BCUT2D eigenvalue weighted by atomic mass is 32.2. The zero-order valence-electron chi connectivity index (χ0n) is 20.1. The normalized spacial score (nSPS) is 14.5. The van der Waals surface area contributed by atoms with Crippen LogP contribution >= 0.6 is 11.8 Å². The molecular weight excluding hydrogens is 432 g/mol. The summed E-state index contributed by atoms with van der Waals surface area (Å²) in [6, 6.07) is 12.6. The molecule has 4 rings (SSSR count). The maximum atomic E-state index is 12.9. The van der Waals surface area contributed by atoms with Crippen molar-refractivity contribution in [2.24, 2.45) is 0 Å². The molecule has 6 nitrogen and oxygen atoms in total. The molecule has 1 fully saturated rings. The molecule has 0 unspecified atom stereocenters. The molecule has 0 bridgehead atoms. The van der Waals surface area contributed by atoms with Crippen molar-refractivity contribution in [3.05, 3.63) is 64.5 Å². The van der Waals surface area contributed by atoms with Crippen LogP contribution in [0.5, 0.6) is 5.75 Å². The van der Waals surface area contributed by atoms with Crippen molar-refractivity contribution in [3.8, 4) is 11.4 Å². The van der Waals surface area contributed by atoms with E-state index in [0.29, 0.717) is 5.75 Å². The molecule has 1 saturated heterocycles. The molecule has 0 spiro atoms. The van der Waals surface area contributed by atoms with Crippen LogP contribution in [-0.2, 0) is 4.79 Å². The minimum atomic E-state index is 0.138. The van der Waals surface area contributed by atoms with Crippen molar-refractivity contribution < 1.29 is 9.53 Å². The number of nitrogens with zero attached hydrogens (tertiary/aromatic N) is 4. The smallest absolute Gasteiger partial charge is 0.233 e. The summed E-state index contributed by atoms with van der Waals surface area (Å²) in [4.78, 5) is 14.9. The van der Waals surface area contributed by atoms with Gasteiger partial charge in [0, 0.05) is 25.9 Å². The molecule has 0 aliphatic carbocycles. The van der Waals surface area contributed by atoms with E-state index in [1.165, 1.54) is 17.3 Å². The Kier molecular flexibility index (Phi) is 7.08. The fourth-order valence-corrected chi connectivity index (χ4v) is 5.16. The Morgan fingerprint density at radius 1 is 1.00 bits per heavy atom. The van der Waals surface area contributed by atoms with Crippen molar-refractivity contribution in [1.29, 1.82) is 0 Å². The lowest BCUT2D eigenvalue weighted by Gasteiger charge is -2.32. The van der Waals surface area contributed by atoms with Crippen molar-refractivity contribution in [1.82, 2.24) is 19.7 Å². The highest BCUT2D eigenvalue weighted by molar-refractivity contribution is 7.99. The molecule has 1 amide bonds. The SMILES string of the molecule is Cc1ccc(C)c(-n2c(C)nnc2SCC(=O)N2CCC(Oc3c(C)cccc3C)CC2)c1. The van der Waals surface area contributed by atoms with Crippen LogP contribution in [0, 0.1) is 34.6 Å². The van der Waals surface area contributed by atoms with Gasteiger partial charge in [0.2, 0.25) is 5.91 Å². The van der Waals surface area contributed by atoms with Crippen LogP contribution in [0.4, 0.5) is 0 Å². The zero-order chi connectivity index (χ0) is 23.5. The summed E-state index contributed by atoms with van der Waals surface area (Å²) in [5.41, 5.74) is 5.72. The van der Waals surface area contributed by atoms with Crippen molar-refractivity contribution >= 4 is 17.7 Å². The van der Waals surface area contributed by atoms with Crippen molar-refractivity contribution in [3.63, 3.8) is 0 Å². The van der Waals surface area contributed by atoms with Gasteiger partial charge in [-0.05, 0) is 62.9 Å². The Balaban J connectivity index is 1.35. The van der Waals surface area contributed by atoms with E-state index in [0.717, 1.165) is 65.0 Å². The summed E-state index contributed by atoms with van der Waals surface area (Å²) in [6.45, 7) is 11.7. The first kappa shape index (κ1) is 23.4. The number of carbonyl (C=O) groups excluding carboxylic acids is 1. The molecule has 1 aromatic heterocycles. The third-order valence-electron chi connectivity index (χ3n) is 6.21. The summed E-state index contributed by atoms with van der Waals surface area (Å²) in [5, 5.41) is 9.36. The van der Waals surface area contributed by atoms with Crippen LogP contribution in [0.15, 0.2) is 41.6 Å². The van der Waals surface area contributed by atoms with Crippen molar-refractivity contribution in [2.45, 2.75) is 58.7 Å². The molecule has 2 aromatic carbocycles. The Morgan fingerprint density at radius 2 is 1.70 bits per heavy atom. The molecule has 0 saturated carbocycles. The minimum absolute atomic E-state index is 0.138. The fourth-order valence-electron chi connectivity index (χ4n) is 4.27. The number of ether oxygens (including phenoxy) is 1. The summed E-state index contributed by atoms with van der Waals surface area (Å²) in [7, 11) is 0. The van der Waals surface area contributed by atoms with E-state index < -0.39 is 0 Å². The summed E-state index contributed by atoms with van der Waals surface area (Å²) < 4.78 is 8.34. The van der Waals surface area contributed by atoms with E-state index >= 15 is 0 Å². The number of amides is 1. The highest BCUT2D eigenvalue weighted by Crippen LogP contribution is 2.28. The molecule has 0 atom stereocenters. The van der Waals surface area contributed by atoms with Crippen LogP contribution in [0.2, 0.25) is 0 Å². The van der Waals surface area contributed by atoms with Gasteiger partial charge < -0.3 is 9.64 Å². The lowest BCUT2D eigenvalue weighted by atomic mass is 10.1. The van der Waals surface area contributed by atoms with Crippen LogP contribution < -0.4 is 4.74 Å². The monoisotopic (exact) mass is 464 g/mol. The van der Waals surface area contributed by atoms with Gasteiger partial charge in [0.1, 0.15) is 17.7 Å². The average molecular weight is 465 g/mol. The first-order valence-electron chi connectivity index (χ1n) is 11.5. The summed E-state index contributed by atoms with van der Waals surface area (Å²) in [5.74, 6) is 2.30. The van der Waals surface area contributed by atoms with Crippen molar-refractivity contribution in [2.75, 3.05) is 18.8 Å². The van der Waals surface area contributed by atoms with E-state index in [-0.39, 0.29) is 12.0 Å². The van der Waals surface area contributed by atoms with Gasteiger partial charge in [0.15, 0.2) is 5.16 Å². The topological polar surface area (TPSA) is 60.2 Å². The molecule has 1 aliphatic heterocycles. The average Bonchev–Trinajstić information content (AvgIpc) is 3.17. The number of para-hydroxylation sites is 1. The number of carbonyl (C=O) groups is 1. The molecule has 0 N–H and O–H groups in total. The lowest BCUT2D eigenvalue weighted by molar-refractivity contribution is -0.130. The number of thioether (sulfide) groups is 1. The van der Waals surface area contributed by atoms with E-state index in [2.05, 4.69) is 74.3 Å². The number of hydrogen-bond acceptors (Lipinski definition) is 5. The van der Waals surface area contributed by atoms with Gasteiger partial charge in [-0.1, -0.05) is 42.1 Å². The van der Waals surface area contributed by atoms with E-state index in [1.54, 1.807) is 0 Å². The second kappa shape index (κ2) is 10.00.